The highest BCUT2D eigenvalue weighted by molar-refractivity contribution is 7.84. The van der Waals surface area contributed by atoms with E-state index in [1.54, 1.807) is 24.4 Å². The summed E-state index contributed by atoms with van der Waals surface area (Å²) in [6.45, 7) is 2.75. The highest BCUT2D eigenvalue weighted by Gasteiger charge is 2.12. The Bertz CT molecular complexity index is 539. The van der Waals surface area contributed by atoms with Crippen LogP contribution < -0.4 is 0 Å². The van der Waals surface area contributed by atoms with E-state index >= 15 is 0 Å². The van der Waals surface area contributed by atoms with E-state index in [0.29, 0.717) is 5.82 Å². The Balaban J connectivity index is 2.20. The van der Waals surface area contributed by atoms with Gasteiger partial charge in [0.25, 0.3) is 0 Å². The van der Waals surface area contributed by atoms with Crippen LogP contribution in [0.2, 0.25) is 0 Å². The van der Waals surface area contributed by atoms with E-state index in [9.17, 15) is 8.60 Å². The van der Waals surface area contributed by atoms with Gasteiger partial charge in [-0.2, -0.15) is 0 Å². The van der Waals surface area contributed by atoms with Gasteiger partial charge < -0.3 is 4.57 Å². The first kappa shape index (κ1) is 12.0. The second kappa shape index (κ2) is 5.23. The minimum atomic E-state index is -1.39. The van der Waals surface area contributed by atoms with E-state index in [2.05, 4.69) is 4.98 Å². The highest BCUT2D eigenvalue weighted by Crippen LogP contribution is 2.15. The second-order valence-electron chi connectivity index (χ2n) is 3.55. The molecule has 17 heavy (non-hydrogen) atoms. The smallest absolute Gasteiger partial charge is 0.139 e. The topological polar surface area (TPSA) is 34.9 Å². The zero-order chi connectivity index (χ0) is 12.3. The molecule has 0 fully saturated rings. The van der Waals surface area contributed by atoms with Crippen LogP contribution in [0.25, 0.3) is 0 Å². The molecule has 5 heteroatoms. The quantitative estimate of drug-likeness (QED) is 0.837. The van der Waals surface area contributed by atoms with Gasteiger partial charge in [-0.25, -0.2) is 9.37 Å². The highest BCUT2D eigenvalue weighted by atomic mass is 32.2. The van der Waals surface area contributed by atoms with Gasteiger partial charge in [0.2, 0.25) is 0 Å². The summed E-state index contributed by atoms with van der Waals surface area (Å²) in [5, 5.41) is 0. The molecule has 0 aliphatic heterocycles. The van der Waals surface area contributed by atoms with Crippen molar-refractivity contribution in [2.45, 2.75) is 24.1 Å². The molecule has 1 unspecified atom stereocenters. The lowest BCUT2D eigenvalue weighted by Gasteiger charge is -2.05. The summed E-state index contributed by atoms with van der Waals surface area (Å²) >= 11 is 0. The normalized spacial score (nSPS) is 12.6. The fraction of sp³-hybridized carbons (Fsp3) is 0.250. The van der Waals surface area contributed by atoms with Gasteiger partial charge in [-0.3, -0.25) is 4.21 Å². The predicted octanol–water partition coefficient (Wildman–Crippen LogP) is 2.35. The summed E-state index contributed by atoms with van der Waals surface area (Å²) in [7, 11) is -1.39. The van der Waals surface area contributed by atoms with Gasteiger partial charge in [-0.15, -0.1) is 0 Å². The van der Waals surface area contributed by atoms with Crippen LogP contribution in [0, 0.1) is 5.82 Å². The molecule has 0 saturated carbocycles. The summed E-state index contributed by atoms with van der Waals surface area (Å²) in [6, 6.07) is 6.13. The monoisotopic (exact) mass is 252 g/mol. The zero-order valence-electron chi connectivity index (χ0n) is 9.47. The summed E-state index contributed by atoms with van der Waals surface area (Å²) in [5.74, 6) is 0.524. The fourth-order valence-electron chi connectivity index (χ4n) is 1.59. The molecule has 0 saturated heterocycles. The molecule has 90 valence electrons. The van der Waals surface area contributed by atoms with Gasteiger partial charge in [0.15, 0.2) is 0 Å². The Morgan fingerprint density at radius 3 is 2.88 bits per heavy atom. The largest absolute Gasteiger partial charge is 0.334 e. The zero-order valence-corrected chi connectivity index (χ0v) is 10.3. The van der Waals surface area contributed by atoms with E-state index in [1.807, 2.05) is 17.7 Å². The molecule has 0 spiro atoms. The molecule has 0 radical (unpaired) electrons. The van der Waals surface area contributed by atoms with Gasteiger partial charge in [0.1, 0.15) is 11.6 Å². The summed E-state index contributed by atoms with van der Waals surface area (Å²) in [6.07, 6.45) is 3.49. The first-order valence-electron chi connectivity index (χ1n) is 5.35. The number of hydrogen-bond acceptors (Lipinski definition) is 2. The lowest BCUT2D eigenvalue weighted by molar-refractivity contribution is 0.594. The van der Waals surface area contributed by atoms with Gasteiger partial charge in [-0.05, 0) is 19.1 Å². The molecular formula is C12H13FN2OS. The van der Waals surface area contributed by atoms with Crippen LogP contribution in [-0.2, 0) is 23.1 Å². The van der Waals surface area contributed by atoms with E-state index in [0.717, 1.165) is 6.54 Å². The van der Waals surface area contributed by atoms with Crippen LogP contribution >= 0.6 is 0 Å². The Hall–Kier alpha value is -1.49. The Kier molecular flexibility index (Phi) is 3.68. The maximum atomic E-state index is 13.4. The van der Waals surface area contributed by atoms with E-state index in [-0.39, 0.29) is 10.6 Å². The molecule has 0 bridgehead atoms. The van der Waals surface area contributed by atoms with E-state index < -0.39 is 16.6 Å². The van der Waals surface area contributed by atoms with Crippen LogP contribution in [0.4, 0.5) is 4.39 Å². The number of aryl methyl sites for hydroxylation is 1. The van der Waals surface area contributed by atoms with Gasteiger partial charge in [0, 0.05) is 18.9 Å². The van der Waals surface area contributed by atoms with Crippen LogP contribution in [0.3, 0.4) is 0 Å². The molecule has 0 N–H and O–H groups in total. The minimum absolute atomic E-state index is 0.234. The predicted molar refractivity (Wildman–Crippen MR) is 64.4 cm³/mol. The Labute approximate surface area is 102 Å². The molecule has 1 aromatic carbocycles. The summed E-state index contributed by atoms with van der Waals surface area (Å²) in [5.41, 5.74) is 0. The first-order chi connectivity index (χ1) is 8.22. The fourth-order valence-corrected chi connectivity index (χ4v) is 2.74. The lowest BCUT2D eigenvalue weighted by Crippen LogP contribution is -2.06. The van der Waals surface area contributed by atoms with Crippen molar-refractivity contribution in [1.29, 1.82) is 0 Å². The maximum absolute atomic E-state index is 13.4. The summed E-state index contributed by atoms with van der Waals surface area (Å²) < 4.78 is 27.4. The third kappa shape index (κ3) is 2.61. The van der Waals surface area contributed by atoms with Crippen molar-refractivity contribution in [3.8, 4) is 0 Å². The van der Waals surface area contributed by atoms with Crippen LogP contribution in [0.15, 0.2) is 41.6 Å². The number of benzene rings is 1. The molecule has 0 amide bonds. The molecule has 1 aromatic heterocycles. The SMILES string of the molecule is CCn1ccnc1CS(=O)c1ccccc1F. The third-order valence-corrected chi connectivity index (χ3v) is 3.83. The van der Waals surface area contributed by atoms with Crippen molar-refractivity contribution in [2.75, 3.05) is 0 Å². The van der Waals surface area contributed by atoms with Gasteiger partial charge in [0.05, 0.1) is 21.4 Å². The molecular weight excluding hydrogens is 239 g/mol. The van der Waals surface area contributed by atoms with Crippen molar-refractivity contribution < 1.29 is 8.60 Å². The van der Waals surface area contributed by atoms with Gasteiger partial charge in [-0.1, -0.05) is 12.1 Å². The molecule has 3 nitrogen and oxygen atoms in total. The number of nitrogens with zero attached hydrogens (tertiary/aromatic N) is 2. The number of rotatable bonds is 4. The second-order valence-corrected chi connectivity index (χ2v) is 4.97. The van der Waals surface area contributed by atoms with Crippen LogP contribution in [-0.4, -0.2) is 13.8 Å². The number of halogens is 1. The lowest BCUT2D eigenvalue weighted by atomic mass is 10.3. The van der Waals surface area contributed by atoms with Crippen LogP contribution in [0.5, 0.6) is 0 Å². The maximum Gasteiger partial charge on any atom is 0.139 e. The molecule has 0 aliphatic rings. The van der Waals surface area contributed by atoms with Crippen molar-refractivity contribution in [2.24, 2.45) is 0 Å². The van der Waals surface area contributed by atoms with Crippen LogP contribution in [0.1, 0.15) is 12.7 Å². The number of imidazole rings is 1. The standard InChI is InChI=1S/C12H13FN2OS/c1-2-15-8-7-14-12(15)9-17(16)11-6-4-3-5-10(11)13/h3-8H,2,9H2,1H3. The molecule has 1 heterocycles. The van der Waals surface area contributed by atoms with Crippen molar-refractivity contribution in [3.05, 3.63) is 48.3 Å². The summed E-state index contributed by atoms with van der Waals surface area (Å²) in [4.78, 5) is 4.36. The van der Waals surface area contributed by atoms with Crippen molar-refractivity contribution in [3.63, 3.8) is 0 Å². The van der Waals surface area contributed by atoms with E-state index in [1.165, 1.54) is 6.07 Å². The van der Waals surface area contributed by atoms with Crippen molar-refractivity contribution in [1.82, 2.24) is 9.55 Å². The van der Waals surface area contributed by atoms with Crippen molar-refractivity contribution >= 4 is 10.8 Å². The third-order valence-electron chi connectivity index (χ3n) is 2.48. The number of hydrogen-bond donors (Lipinski definition) is 0. The minimum Gasteiger partial charge on any atom is -0.334 e. The molecule has 2 aromatic rings. The van der Waals surface area contributed by atoms with E-state index in [4.69, 9.17) is 0 Å². The molecule has 2 rings (SSSR count). The Morgan fingerprint density at radius 2 is 2.18 bits per heavy atom. The molecule has 1 atom stereocenters. The average molecular weight is 252 g/mol. The average Bonchev–Trinajstić information content (AvgIpc) is 2.76. The van der Waals surface area contributed by atoms with Gasteiger partial charge >= 0.3 is 0 Å². The Morgan fingerprint density at radius 1 is 1.41 bits per heavy atom. The molecule has 0 aliphatic carbocycles. The number of aromatic nitrogens is 2. The first-order valence-corrected chi connectivity index (χ1v) is 6.67.